The molecule has 1 saturated carbocycles. The van der Waals surface area contributed by atoms with Gasteiger partial charge in [0, 0.05) is 28.4 Å². The van der Waals surface area contributed by atoms with E-state index in [9.17, 15) is 0 Å². The predicted molar refractivity (Wildman–Crippen MR) is 65.4 cm³/mol. The largest absolute Gasteiger partial charge is 0.376 e. The van der Waals surface area contributed by atoms with Crippen molar-refractivity contribution in [3.8, 4) is 0 Å². The first-order valence-electron chi connectivity index (χ1n) is 5.55. The molecule has 0 atom stereocenters. The smallest absolute Gasteiger partial charge is 0.141 e. The van der Waals surface area contributed by atoms with E-state index in [-0.39, 0.29) is 6.73 Å². The number of aliphatic hydroxyl groups excluding tert-OH is 1. The lowest BCUT2D eigenvalue weighted by molar-refractivity contribution is 0.215. The molecule has 3 rings (SSSR count). The average Bonchev–Trinajstić information content (AvgIpc) is 3.05. The molecule has 1 fully saturated rings. The molecule has 16 heavy (non-hydrogen) atoms. The second kappa shape index (κ2) is 4.11. The zero-order valence-electron chi connectivity index (χ0n) is 8.97. The van der Waals surface area contributed by atoms with Crippen molar-refractivity contribution in [3.63, 3.8) is 0 Å². The van der Waals surface area contributed by atoms with E-state index in [1.165, 1.54) is 23.5 Å². The third kappa shape index (κ3) is 1.95. The van der Waals surface area contributed by atoms with Gasteiger partial charge in [0.25, 0.3) is 0 Å². The molecule has 0 unspecified atom stereocenters. The van der Waals surface area contributed by atoms with Gasteiger partial charge in [-0.25, -0.2) is 4.98 Å². The van der Waals surface area contributed by atoms with Gasteiger partial charge in [-0.15, -0.1) is 11.8 Å². The van der Waals surface area contributed by atoms with Gasteiger partial charge in [-0.2, -0.15) is 0 Å². The first-order chi connectivity index (χ1) is 7.86. The second-order valence-corrected chi connectivity index (χ2v) is 5.36. The molecule has 0 spiro atoms. The van der Waals surface area contributed by atoms with Crippen molar-refractivity contribution in [2.45, 2.75) is 24.5 Å². The zero-order chi connectivity index (χ0) is 11.0. The normalized spacial score (nSPS) is 15.8. The molecule has 1 N–H and O–H groups in total. The lowest BCUT2D eigenvalue weighted by Crippen LogP contribution is -1.95. The number of hydrogen-bond acceptors (Lipinski definition) is 3. The van der Waals surface area contributed by atoms with Crippen molar-refractivity contribution < 1.29 is 5.11 Å². The van der Waals surface area contributed by atoms with Gasteiger partial charge in [-0.3, -0.25) is 0 Å². The molecule has 1 aliphatic carbocycles. The Bertz CT molecular complexity index is 505. The molecular weight excluding hydrogens is 220 g/mol. The molecular formula is C12H14N2OS. The Morgan fingerprint density at radius 1 is 1.50 bits per heavy atom. The van der Waals surface area contributed by atoms with Crippen molar-refractivity contribution in [3.05, 3.63) is 24.5 Å². The van der Waals surface area contributed by atoms with Crippen LogP contribution in [0.5, 0.6) is 0 Å². The maximum absolute atomic E-state index is 9.10. The molecule has 0 aliphatic heterocycles. The van der Waals surface area contributed by atoms with Crippen LogP contribution in [0.15, 0.2) is 29.4 Å². The van der Waals surface area contributed by atoms with Gasteiger partial charge in [0.1, 0.15) is 12.4 Å². The van der Waals surface area contributed by atoms with Gasteiger partial charge in [0.2, 0.25) is 0 Å². The molecule has 0 amide bonds. The maximum Gasteiger partial charge on any atom is 0.141 e. The van der Waals surface area contributed by atoms with E-state index in [1.807, 2.05) is 30.2 Å². The van der Waals surface area contributed by atoms with Crippen LogP contribution in [-0.2, 0) is 6.73 Å². The van der Waals surface area contributed by atoms with E-state index in [0.717, 1.165) is 17.0 Å². The monoisotopic (exact) mass is 234 g/mol. The highest BCUT2D eigenvalue weighted by molar-refractivity contribution is 7.99. The summed E-state index contributed by atoms with van der Waals surface area (Å²) in [6, 6.07) is 4.15. The van der Waals surface area contributed by atoms with Gasteiger partial charge in [-0.1, -0.05) is 0 Å². The van der Waals surface area contributed by atoms with E-state index >= 15 is 0 Å². The summed E-state index contributed by atoms with van der Waals surface area (Å²) < 4.78 is 1.74. The molecule has 0 radical (unpaired) electrons. The minimum atomic E-state index is -0.00887. The molecule has 4 heteroatoms. The van der Waals surface area contributed by atoms with Crippen molar-refractivity contribution in [2.24, 2.45) is 5.92 Å². The summed E-state index contributed by atoms with van der Waals surface area (Å²) in [5.74, 6) is 2.15. The predicted octanol–water partition coefficient (Wildman–Crippen LogP) is 2.49. The standard InChI is InChI=1S/C12H14N2OS/c15-8-14-4-3-10-5-11(6-13-12(10)14)16-7-9-1-2-9/h3-6,9,15H,1-2,7-8H2. The summed E-state index contributed by atoms with van der Waals surface area (Å²) >= 11 is 1.89. The van der Waals surface area contributed by atoms with Crippen molar-refractivity contribution in [2.75, 3.05) is 5.75 Å². The van der Waals surface area contributed by atoms with E-state index < -0.39 is 0 Å². The van der Waals surface area contributed by atoms with Gasteiger partial charge < -0.3 is 9.67 Å². The number of rotatable bonds is 4. The fourth-order valence-electron chi connectivity index (χ4n) is 1.75. The number of aliphatic hydroxyl groups is 1. The van der Waals surface area contributed by atoms with Crippen LogP contribution in [0.25, 0.3) is 11.0 Å². The third-order valence-corrected chi connectivity index (χ3v) is 4.11. The molecule has 84 valence electrons. The molecule has 1 aliphatic rings. The molecule has 2 aromatic heterocycles. The summed E-state index contributed by atoms with van der Waals surface area (Å²) in [6.45, 7) is -0.00887. The van der Waals surface area contributed by atoms with Crippen LogP contribution in [0.3, 0.4) is 0 Å². The number of pyridine rings is 1. The SMILES string of the molecule is OCn1ccc2cc(SCC3CC3)cnc21. The fourth-order valence-corrected chi connectivity index (χ4v) is 2.85. The maximum atomic E-state index is 9.10. The quantitative estimate of drug-likeness (QED) is 0.826. The Hall–Kier alpha value is -1.00. The first kappa shape index (κ1) is 10.2. The minimum absolute atomic E-state index is 0.00887. The Balaban J connectivity index is 1.84. The number of hydrogen-bond donors (Lipinski definition) is 1. The van der Waals surface area contributed by atoms with Gasteiger partial charge in [0.05, 0.1) is 0 Å². The Morgan fingerprint density at radius 2 is 2.38 bits per heavy atom. The number of nitrogens with zero attached hydrogens (tertiary/aromatic N) is 2. The summed E-state index contributed by atoms with van der Waals surface area (Å²) in [4.78, 5) is 5.62. The topological polar surface area (TPSA) is 38.0 Å². The molecule has 0 saturated heterocycles. The Labute approximate surface area is 98.5 Å². The average molecular weight is 234 g/mol. The fraction of sp³-hybridized carbons (Fsp3) is 0.417. The van der Waals surface area contributed by atoms with Crippen molar-refractivity contribution >= 4 is 22.8 Å². The summed E-state index contributed by atoms with van der Waals surface area (Å²) in [5, 5.41) is 10.2. The van der Waals surface area contributed by atoms with Crippen LogP contribution >= 0.6 is 11.8 Å². The Kier molecular flexibility index (Phi) is 2.61. The van der Waals surface area contributed by atoms with E-state index in [0.29, 0.717) is 0 Å². The minimum Gasteiger partial charge on any atom is -0.376 e. The van der Waals surface area contributed by atoms with Crippen molar-refractivity contribution in [1.82, 2.24) is 9.55 Å². The number of aromatic nitrogens is 2. The summed E-state index contributed by atoms with van der Waals surface area (Å²) in [5.41, 5.74) is 0.860. The van der Waals surface area contributed by atoms with Crippen LogP contribution in [0, 0.1) is 5.92 Å². The van der Waals surface area contributed by atoms with E-state index in [2.05, 4.69) is 11.1 Å². The third-order valence-electron chi connectivity index (χ3n) is 2.91. The number of thioether (sulfide) groups is 1. The molecule has 0 bridgehead atoms. The highest BCUT2D eigenvalue weighted by Crippen LogP contribution is 2.35. The van der Waals surface area contributed by atoms with Crippen LogP contribution in [0.4, 0.5) is 0 Å². The van der Waals surface area contributed by atoms with E-state index in [4.69, 9.17) is 5.11 Å². The van der Waals surface area contributed by atoms with Crippen LogP contribution in [-0.4, -0.2) is 20.4 Å². The first-order valence-corrected chi connectivity index (χ1v) is 6.54. The highest BCUT2D eigenvalue weighted by Gasteiger charge is 2.21. The van der Waals surface area contributed by atoms with Crippen LogP contribution < -0.4 is 0 Å². The lowest BCUT2D eigenvalue weighted by atomic mass is 10.3. The second-order valence-electron chi connectivity index (χ2n) is 4.27. The van der Waals surface area contributed by atoms with E-state index in [1.54, 1.807) is 4.57 Å². The van der Waals surface area contributed by atoms with Gasteiger partial charge in [-0.05, 0) is 30.9 Å². The lowest BCUT2D eigenvalue weighted by Gasteiger charge is -2.02. The molecule has 0 aromatic carbocycles. The summed E-state index contributed by atoms with van der Waals surface area (Å²) in [7, 11) is 0. The summed E-state index contributed by atoms with van der Waals surface area (Å²) in [6.07, 6.45) is 6.56. The van der Waals surface area contributed by atoms with Gasteiger partial charge >= 0.3 is 0 Å². The zero-order valence-corrected chi connectivity index (χ0v) is 9.78. The highest BCUT2D eigenvalue weighted by atomic mass is 32.2. The molecule has 2 aromatic rings. The number of fused-ring (bicyclic) bond motifs is 1. The molecule has 2 heterocycles. The Morgan fingerprint density at radius 3 is 3.12 bits per heavy atom. The van der Waals surface area contributed by atoms with Crippen LogP contribution in [0.2, 0.25) is 0 Å². The van der Waals surface area contributed by atoms with Crippen LogP contribution in [0.1, 0.15) is 12.8 Å². The molecule has 3 nitrogen and oxygen atoms in total. The van der Waals surface area contributed by atoms with Crippen molar-refractivity contribution in [1.29, 1.82) is 0 Å². The van der Waals surface area contributed by atoms with Gasteiger partial charge in [0.15, 0.2) is 0 Å².